The number of fused-ring (bicyclic) bond motifs is 1. The van der Waals surface area contributed by atoms with Gasteiger partial charge in [0.05, 0.1) is 5.52 Å². The van der Waals surface area contributed by atoms with Crippen LogP contribution in [0.3, 0.4) is 0 Å². The molecule has 0 radical (unpaired) electrons. The summed E-state index contributed by atoms with van der Waals surface area (Å²) in [4.78, 5) is 4.34. The first-order valence-electron chi connectivity index (χ1n) is 6.17. The molecular weight excluding hydrogens is 228 g/mol. The van der Waals surface area contributed by atoms with E-state index >= 15 is 0 Å². The van der Waals surface area contributed by atoms with E-state index in [1.165, 1.54) is 0 Å². The standard InChI is InChI=1S/C13H18N4O/c1-10(2)7-8-18-9-14-13-15-11-5-3-4-6-12(11)16-17-13/h3-6,10H,7-9H2,1-2H3,(H,14,15,17). The lowest BCUT2D eigenvalue weighted by atomic mass is 10.1. The summed E-state index contributed by atoms with van der Waals surface area (Å²) >= 11 is 0. The van der Waals surface area contributed by atoms with Crippen LogP contribution < -0.4 is 5.32 Å². The van der Waals surface area contributed by atoms with Crippen LogP contribution >= 0.6 is 0 Å². The zero-order valence-corrected chi connectivity index (χ0v) is 10.8. The predicted molar refractivity (Wildman–Crippen MR) is 71.2 cm³/mol. The Labute approximate surface area is 107 Å². The molecule has 2 aromatic rings. The number of aromatic nitrogens is 3. The summed E-state index contributed by atoms with van der Waals surface area (Å²) in [5.74, 6) is 1.15. The van der Waals surface area contributed by atoms with E-state index in [4.69, 9.17) is 4.74 Å². The van der Waals surface area contributed by atoms with Gasteiger partial charge in [-0.3, -0.25) is 0 Å². The smallest absolute Gasteiger partial charge is 0.245 e. The molecule has 1 N–H and O–H groups in total. The van der Waals surface area contributed by atoms with E-state index in [9.17, 15) is 0 Å². The monoisotopic (exact) mass is 246 g/mol. The number of anilines is 1. The van der Waals surface area contributed by atoms with E-state index in [0.29, 0.717) is 18.6 Å². The first-order valence-corrected chi connectivity index (χ1v) is 6.17. The molecule has 0 fully saturated rings. The molecule has 0 atom stereocenters. The molecule has 0 bridgehead atoms. The molecule has 1 aromatic carbocycles. The zero-order chi connectivity index (χ0) is 12.8. The Morgan fingerprint density at radius 3 is 2.72 bits per heavy atom. The molecule has 96 valence electrons. The molecule has 5 heteroatoms. The van der Waals surface area contributed by atoms with E-state index in [1.54, 1.807) is 0 Å². The third-order valence-electron chi connectivity index (χ3n) is 2.53. The maximum Gasteiger partial charge on any atom is 0.245 e. The maximum atomic E-state index is 5.44. The lowest BCUT2D eigenvalue weighted by molar-refractivity contribution is 0.140. The van der Waals surface area contributed by atoms with E-state index in [-0.39, 0.29) is 0 Å². The molecule has 0 saturated carbocycles. The van der Waals surface area contributed by atoms with Crippen molar-refractivity contribution < 1.29 is 4.74 Å². The molecule has 0 unspecified atom stereocenters. The Morgan fingerprint density at radius 2 is 1.94 bits per heavy atom. The normalized spacial score (nSPS) is 11.1. The van der Waals surface area contributed by atoms with Crippen LogP contribution in [0.4, 0.5) is 5.95 Å². The second kappa shape index (κ2) is 6.26. The van der Waals surface area contributed by atoms with Gasteiger partial charge in [0.2, 0.25) is 5.95 Å². The SMILES string of the molecule is CC(C)CCOCNc1nnc2ccccc2n1. The van der Waals surface area contributed by atoms with Crippen LogP contribution in [0.15, 0.2) is 24.3 Å². The van der Waals surface area contributed by atoms with Crippen molar-refractivity contribution in [1.29, 1.82) is 0 Å². The predicted octanol–water partition coefficient (Wildman–Crippen LogP) is 2.46. The fourth-order valence-electron chi connectivity index (χ4n) is 1.46. The molecule has 5 nitrogen and oxygen atoms in total. The van der Waals surface area contributed by atoms with Crippen LogP contribution in [0.25, 0.3) is 11.0 Å². The summed E-state index contributed by atoms with van der Waals surface area (Å²) in [5.41, 5.74) is 1.63. The fraction of sp³-hybridized carbons (Fsp3) is 0.462. The van der Waals surface area contributed by atoms with Gasteiger partial charge in [-0.2, -0.15) is 0 Å². The van der Waals surface area contributed by atoms with Gasteiger partial charge >= 0.3 is 0 Å². The second-order valence-electron chi connectivity index (χ2n) is 4.54. The quantitative estimate of drug-likeness (QED) is 0.626. The summed E-state index contributed by atoms with van der Waals surface area (Å²) in [6.45, 7) is 5.50. The Kier molecular flexibility index (Phi) is 4.41. The van der Waals surface area contributed by atoms with E-state index in [2.05, 4.69) is 34.3 Å². The number of benzene rings is 1. The van der Waals surface area contributed by atoms with E-state index in [1.807, 2.05) is 24.3 Å². The number of rotatable bonds is 6. The minimum atomic E-state index is 0.409. The molecule has 1 heterocycles. The van der Waals surface area contributed by atoms with Gasteiger partial charge in [0, 0.05) is 6.61 Å². The van der Waals surface area contributed by atoms with Gasteiger partial charge in [-0.15, -0.1) is 10.2 Å². The van der Waals surface area contributed by atoms with Crippen molar-refractivity contribution in [3.63, 3.8) is 0 Å². The van der Waals surface area contributed by atoms with Crippen molar-refractivity contribution >= 4 is 17.0 Å². The first kappa shape index (κ1) is 12.7. The van der Waals surface area contributed by atoms with Gasteiger partial charge in [-0.1, -0.05) is 26.0 Å². The zero-order valence-electron chi connectivity index (χ0n) is 10.8. The summed E-state index contributed by atoms with van der Waals surface area (Å²) < 4.78 is 5.44. The lowest BCUT2D eigenvalue weighted by Crippen LogP contribution is -2.11. The van der Waals surface area contributed by atoms with Crippen LogP contribution in [0, 0.1) is 5.92 Å². The van der Waals surface area contributed by atoms with Crippen LogP contribution in [-0.4, -0.2) is 28.5 Å². The number of nitrogens with one attached hydrogen (secondary N) is 1. The summed E-state index contributed by atoms with van der Waals surface area (Å²) in [6.07, 6.45) is 1.05. The Bertz CT molecular complexity index is 501. The van der Waals surface area contributed by atoms with Crippen LogP contribution in [0.2, 0.25) is 0 Å². The molecule has 2 rings (SSSR count). The molecule has 1 aromatic heterocycles. The average Bonchev–Trinajstić information content (AvgIpc) is 2.38. The fourth-order valence-corrected chi connectivity index (χ4v) is 1.46. The minimum Gasteiger partial charge on any atom is -0.361 e. The van der Waals surface area contributed by atoms with Gasteiger partial charge in [0.1, 0.15) is 12.2 Å². The molecule has 0 aliphatic heterocycles. The highest BCUT2D eigenvalue weighted by molar-refractivity contribution is 5.73. The Hall–Kier alpha value is -1.75. The Balaban J connectivity index is 1.84. The van der Waals surface area contributed by atoms with Crippen LogP contribution in [0.5, 0.6) is 0 Å². The number of hydrogen-bond donors (Lipinski definition) is 1. The van der Waals surface area contributed by atoms with Gasteiger partial charge in [-0.25, -0.2) is 4.98 Å². The van der Waals surface area contributed by atoms with Gasteiger partial charge in [0.25, 0.3) is 0 Å². The van der Waals surface area contributed by atoms with E-state index < -0.39 is 0 Å². The van der Waals surface area contributed by atoms with Crippen molar-refractivity contribution in [2.75, 3.05) is 18.7 Å². The number of hydrogen-bond acceptors (Lipinski definition) is 5. The number of para-hydroxylation sites is 1. The summed E-state index contributed by atoms with van der Waals surface area (Å²) in [7, 11) is 0. The molecule has 0 amide bonds. The largest absolute Gasteiger partial charge is 0.361 e. The van der Waals surface area contributed by atoms with Gasteiger partial charge in [-0.05, 0) is 24.5 Å². The van der Waals surface area contributed by atoms with Crippen molar-refractivity contribution in [3.8, 4) is 0 Å². The number of nitrogens with zero attached hydrogens (tertiary/aromatic N) is 3. The topological polar surface area (TPSA) is 59.9 Å². The molecule has 0 aliphatic rings. The number of ether oxygens (including phenoxy) is 1. The van der Waals surface area contributed by atoms with Gasteiger partial charge < -0.3 is 10.1 Å². The van der Waals surface area contributed by atoms with Crippen molar-refractivity contribution in [2.45, 2.75) is 20.3 Å². The maximum absolute atomic E-state index is 5.44. The van der Waals surface area contributed by atoms with Crippen molar-refractivity contribution in [2.24, 2.45) is 5.92 Å². The Morgan fingerprint density at radius 1 is 1.17 bits per heavy atom. The van der Waals surface area contributed by atoms with Gasteiger partial charge in [0.15, 0.2) is 0 Å². The molecule has 18 heavy (non-hydrogen) atoms. The molecule has 0 aliphatic carbocycles. The average molecular weight is 246 g/mol. The summed E-state index contributed by atoms with van der Waals surface area (Å²) in [6, 6.07) is 7.65. The third kappa shape index (κ3) is 3.63. The van der Waals surface area contributed by atoms with Crippen LogP contribution in [0.1, 0.15) is 20.3 Å². The lowest BCUT2D eigenvalue weighted by Gasteiger charge is -2.07. The highest BCUT2D eigenvalue weighted by Crippen LogP contribution is 2.08. The van der Waals surface area contributed by atoms with Crippen molar-refractivity contribution in [3.05, 3.63) is 24.3 Å². The van der Waals surface area contributed by atoms with Crippen molar-refractivity contribution in [1.82, 2.24) is 15.2 Å². The molecular formula is C13H18N4O. The van der Waals surface area contributed by atoms with E-state index in [0.717, 1.165) is 24.1 Å². The highest BCUT2D eigenvalue weighted by Gasteiger charge is 2.00. The van der Waals surface area contributed by atoms with Crippen LogP contribution in [-0.2, 0) is 4.74 Å². The third-order valence-corrected chi connectivity index (χ3v) is 2.53. The minimum absolute atomic E-state index is 0.409. The summed E-state index contributed by atoms with van der Waals surface area (Å²) in [5, 5.41) is 11.1. The second-order valence-corrected chi connectivity index (χ2v) is 4.54. The molecule has 0 spiro atoms. The highest BCUT2D eigenvalue weighted by atomic mass is 16.5. The molecule has 0 saturated heterocycles. The first-order chi connectivity index (χ1) is 8.75.